The number of nitrogens with two attached hydrogens (primary N) is 2. The van der Waals surface area contributed by atoms with Crippen molar-refractivity contribution in [3.05, 3.63) is 0 Å². The Morgan fingerprint density at radius 1 is 1.00 bits per heavy atom. The molecule has 0 fully saturated rings. The summed E-state index contributed by atoms with van der Waals surface area (Å²) >= 11 is 0. The van der Waals surface area contributed by atoms with Crippen LogP contribution in [-0.2, 0) is 0 Å². The van der Waals surface area contributed by atoms with Gasteiger partial charge < -0.3 is 16.8 Å². The molecule has 0 unspecified atom stereocenters. The fourth-order valence-corrected chi connectivity index (χ4v) is 0.588. The van der Waals surface area contributed by atoms with E-state index < -0.39 is 0 Å². The van der Waals surface area contributed by atoms with Gasteiger partial charge in [-0.15, -0.1) is 0 Å². The quantitative estimate of drug-likeness (QED) is 0.366. The summed E-state index contributed by atoms with van der Waals surface area (Å²) in [5.74, 6) is 0. The molecule has 0 aliphatic heterocycles. The van der Waals surface area contributed by atoms with Crippen molar-refractivity contribution in [1.82, 2.24) is 10.6 Å². The van der Waals surface area contributed by atoms with Gasteiger partial charge in [0.05, 0.1) is 0 Å². The van der Waals surface area contributed by atoms with Crippen LogP contribution in [0.1, 0.15) is 0 Å². The molecule has 10 heavy (non-hydrogen) atoms. The van der Waals surface area contributed by atoms with Gasteiger partial charge in [-0.05, 0) is 0 Å². The fourth-order valence-electron chi connectivity index (χ4n) is 0.588. The first-order chi connectivity index (χ1) is 4.91. The Hall–Kier alpha value is -0.160. The van der Waals surface area contributed by atoms with Crippen molar-refractivity contribution in [1.29, 1.82) is 0 Å². The molecule has 0 spiro atoms. The smallest absolute Gasteiger partial charge is 0.0259 e. The van der Waals surface area contributed by atoms with Crippen molar-refractivity contribution in [2.24, 2.45) is 11.5 Å². The average molecular weight is 145 g/mol. The van der Waals surface area contributed by atoms with Crippen LogP contribution >= 0.6 is 0 Å². The van der Waals surface area contributed by atoms with Crippen LogP contribution in [0.2, 0.25) is 0 Å². The molecular weight excluding hydrogens is 128 g/mol. The highest BCUT2D eigenvalue weighted by Gasteiger charge is 1.85. The molecule has 0 aromatic heterocycles. The van der Waals surface area contributed by atoms with Gasteiger partial charge >= 0.3 is 0 Å². The van der Waals surface area contributed by atoms with E-state index in [4.69, 9.17) is 11.5 Å². The second-order valence-electron chi connectivity index (χ2n) is 2.00. The standard InChI is InChI=1S/C6H17N4/c7-1-3-9-5-6-10-4-2-8/h9H,1-8H2. The van der Waals surface area contributed by atoms with E-state index in [9.17, 15) is 0 Å². The average Bonchev–Trinajstić information content (AvgIpc) is 1.97. The van der Waals surface area contributed by atoms with E-state index in [1.54, 1.807) is 0 Å². The fraction of sp³-hybridized carbons (Fsp3) is 1.00. The summed E-state index contributed by atoms with van der Waals surface area (Å²) < 4.78 is 0. The lowest BCUT2D eigenvalue weighted by Gasteiger charge is -2.01. The number of rotatable bonds is 7. The molecule has 0 atom stereocenters. The Morgan fingerprint density at radius 2 is 1.80 bits per heavy atom. The van der Waals surface area contributed by atoms with Crippen molar-refractivity contribution in [2.45, 2.75) is 0 Å². The summed E-state index contributed by atoms with van der Waals surface area (Å²) in [5, 5.41) is 7.27. The van der Waals surface area contributed by atoms with E-state index >= 15 is 0 Å². The van der Waals surface area contributed by atoms with E-state index in [1.807, 2.05) is 0 Å². The van der Waals surface area contributed by atoms with Gasteiger partial charge in [-0.1, -0.05) is 0 Å². The minimum atomic E-state index is 0.650. The van der Waals surface area contributed by atoms with E-state index in [-0.39, 0.29) is 0 Å². The SMILES string of the molecule is NCC[N]CCNCCN. The first-order valence-corrected chi connectivity index (χ1v) is 3.66. The Balaban J connectivity index is 2.65. The summed E-state index contributed by atoms with van der Waals surface area (Å²) in [6, 6.07) is 0. The normalized spacial score (nSPS) is 10.2. The van der Waals surface area contributed by atoms with E-state index in [0.717, 1.165) is 26.2 Å². The molecule has 1 radical (unpaired) electrons. The lowest BCUT2D eigenvalue weighted by molar-refractivity contribution is 0.610. The summed E-state index contributed by atoms with van der Waals surface area (Å²) in [6.45, 7) is 4.74. The molecular formula is C6H17N4. The van der Waals surface area contributed by atoms with Crippen LogP contribution in [0.25, 0.3) is 0 Å². The maximum atomic E-state index is 5.26. The maximum absolute atomic E-state index is 5.26. The lowest BCUT2D eigenvalue weighted by Crippen LogP contribution is -2.29. The number of hydrogen-bond acceptors (Lipinski definition) is 3. The second-order valence-corrected chi connectivity index (χ2v) is 2.00. The third-order valence-corrected chi connectivity index (χ3v) is 1.06. The van der Waals surface area contributed by atoms with Crippen LogP contribution in [0, 0.1) is 0 Å². The van der Waals surface area contributed by atoms with Crippen LogP contribution in [0.3, 0.4) is 0 Å². The molecule has 4 heteroatoms. The van der Waals surface area contributed by atoms with Crippen molar-refractivity contribution in [2.75, 3.05) is 39.3 Å². The Labute approximate surface area is 62.3 Å². The highest BCUT2D eigenvalue weighted by atomic mass is 14.9. The molecule has 0 aromatic carbocycles. The third-order valence-electron chi connectivity index (χ3n) is 1.06. The van der Waals surface area contributed by atoms with Crippen LogP contribution in [0.4, 0.5) is 0 Å². The number of nitrogens with one attached hydrogen (secondary N) is 1. The monoisotopic (exact) mass is 145 g/mol. The van der Waals surface area contributed by atoms with E-state index in [0.29, 0.717) is 13.1 Å². The molecule has 4 nitrogen and oxygen atoms in total. The highest BCUT2D eigenvalue weighted by molar-refractivity contribution is 4.51. The molecule has 0 bridgehead atoms. The molecule has 0 saturated heterocycles. The van der Waals surface area contributed by atoms with Crippen molar-refractivity contribution in [3.8, 4) is 0 Å². The summed E-state index contributed by atoms with van der Waals surface area (Å²) in [6.07, 6.45) is 0. The first kappa shape index (κ1) is 9.84. The summed E-state index contributed by atoms with van der Waals surface area (Å²) in [4.78, 5) is 0. The van der Waals surface area contributed by atoms with Crippen LogP contribution in [0.15, 0.2) is 0 Å². The molecule has 61 valence electrons. The van der Waals surface area contributed by atoms with Crippen molar-refractivity contribution in [3.63, 3.8) is 0 Å². The predicted octanol–water partition coefficient (Wildman–Crippen LogP) is -1.90. The van der Waals surface area contributed by atoms with Gasteiger partial charge in [-0.2, -0.15) is 0 Å². The van der Waals surface area contributed by atoms with Gasteiger partial charge in [0.2, 0.25) is 0 Å². The molecule has 0 rings (SSSR count). The molecule has 0 aliphatic carbocycles. The molecule has 0 heterocycles. The Morgan fingerprint density at radius 3 is 2.40 bits per heavy atom. The van der Waals surface area contributed by atoms with Crippen molar-refractivity contribution < 1.29 is 0 Å². The second kappa shape index (κ2) is 8.84. The molecule has 5 N–H and O–H groups in total. The lowest BCUT2D eigenvalue weighted by atomic mass is 10.5. The summed E-state index contributed by atoms with van der Waals surface area (Å²) in [7, 11) is 0. The van der Waals surface area contributed by atoms with Gasteiger partial charge in [0.15, 0.2) is 0 Å². The zero-order chi connectivity index (χ0) is 7.66. The Kier molecular flexibility index (Phi) is 8.70. The van der Waals surface area contributed by atoms with Crippen LogP contribution < -0.4 is 22.1 Å². The van der Waals surface area contributed by atoms with Gasteiger partial charge in [-0.3, -0.25) is 0 Å². The van der Waals surface area contributed by atoms with Crippen LogP contribution in [0.5, 0.6) is 0 Å². The zero-order valence-corrected chi connectivity index (χ0v) is 6.34. The van der Waals surface area contributed by atoms with Gasteiger partial charge in [0, 0.05) is 39.3 Å². The number of nitrogens with zero attached hydrogens (tertiary/aromatic N) is 1. The van der Waals surface area contributed by atoms with Crippen molar-refractivity contribution >= 4 is 0 Å². The summed E-state index contributed by atoms with van der Waals surface area (Å²) in [5.41, 5.74) is 10.5. The molecule has 0 saturated carbocycles. The highest BCUT2D eigenvalue weighted by Crippen LogP contribution is 1.60. The molecule has 0 aliphatic rings. The van der Waals surface area contributed by atoms with E-state index in [1.165, 1.54) is 0 Å². The first-order valence-electron chi connectivity index (χ1n) is 3.66. The number of hydrogen-bond donors (Lipinski definition) is 3. The zero-order valence-electron chi connectivity index (χ0n) is 6.34. The third kappa shape index (κ3) is 7.84. The minimum absolute atomic E-state index is 0.650. The topological polar surface area (TPSA) is 78.2 Å². The minimum Gasteiger partial charge on any atom is -0.329 e. The van der Waals surface area contributed by atoms with Crippen LogP contribution in [-0.4, -0.2) is 39.3 Å². The molecule has 0 amide bonds. The van der Waals surface area contributed by atoms with Gasteiger partial charge in [-0.25, -0.2) is 5.32 Å². The largest absolute Gasteiger partial charge is 0.329 e. The van der Waals surface area contributed by atoms with E-state index in [2.05, 4.69) is 10.6 Å². The van der Waals surface area contributed by atoms with Gasteiger partial charge in [0.1, 0.15) is 0 Å². The van der Waals surface area contributed by atoms with Gasteiger partial charge in [0.25, 0.3) is 0 Å². The Bertz CT molecular complexity index is 49.7. The molecule has 0 aromatic rings. The maximum Gasteiger partial charge on any atom is 0.0259 e. The predicted molar refractivity (Wildman–Crippen MR) is 42.8 cm³/mol.